The van der Waals surface area contributed by atoms with Crippen molar-refractivity contribution in [1.29, 1.82) is 0 Å². The van der Waals surface area contributed by atoms with Crippen molar-refractivity contribution in [3.05, 3.63) is 75.0 Å². The minimum absolute atomic E-state index is 0.137. The Morgan fingerprint density at radius 1 is 1.10 bits per heavy atom. The van der Waals surface area contributed by atoms with E-state index in [2.05, 4.69) is 10.4 Å². The van der Waals surface area contributed by atoms with Gasteiger partial charge in [0, 0.05) is 16.9 Å². The third kappa shape index (κ3) is 5.40. The van der Waals surface area contributed by atoms with Gasteiger partial charge in [-0.05, 0) is 49.7 Å². The van der Waals surface area contributed by atoms with Gasteiger partial charge < -0.3 is 5.32 Å². The van der Waals surface area contributed by atoms with E-state index < -0.39 is 10.0 Å². The van der Waals surface area contributed by atoms with Crippen LogP contribution in [0.1, 0.15) is 22.5 Å². The van der Waals surface area contributed by atoms with E-state index in [9.17, 15) is 13.2 Å². The van der Waals surface area contributed by atoms with Crippen molar-refractivity contribution in [1.82, 2.24) is 9.78 Å². The molecule has 1 amide bonds. The molecule has 0 aliphatic carbocycles. The summed E-state index contributed by atoms with van der Waals surface area (Å²) in [5.74, 6) is -0.470. The normalized spacial score (nSPS) is 11.5. The van der Waals surface area contributed by atoms with Gasteiger partial charge in [-0.2, -0.15) is 5.10 Å². The molecule has 3 rings (SSSR count). The van der Waals surface area contributed by atoms with E-state index in [-0.39, 0.29) is 18.1 Å². The van der Waals surface area contributed by atoms with Gasteiger partial charge in [-0.15, -0.1) is 0 Å². The Morgan fingerprint density at radius 3 is 2.37 bits per heavy atom. The molecule has 0 aliphatic heterocycles. The smallest absolute Gasteiger partial charge is 0.228 e. The number of nitrogens with zero attached hydrogens (tertiary/aromatic N) is 2. The fourth-order valence-electron chi connectivity index (χ4n) is 3.08. The number of sulfonamides is 1. The predicted molar refractivity (Wildman–Crippen MR) is 119 cm³/mol. The molecule has 0 saturated carbocycles. The lowest BCUT2D eigenvalue weighted by Gasteiger charge is -2.08. The maximum Gasteiger partial charge on any atom is 0.228 e. The summed E-state index contributed by atoms with van der Waals surface area (Å²) in [6.45, 7) is 3.72. The number of carbonyl (C=O) groups is 1. The SMILES string of the molecule is Cc1nn(-c2ccc(Cl)c(Cl)c2)c(C)c1CC(=O)Nc1ccc(CS(N)(=O)=O)cc1. The number of nitrogens with two attached hydrogens (primary N) is 1. The third-order valence-corrected chi connectivity index (χ3v) is 6.01. The monoisotopic (exact) mass is 466 g/mol. The highest BCUT2D eigenvalue weighted by Gasteiger charge is 2.17. The van der Waals surface area contributed by atoms with Crippen molar-refractivity contribution in [2.45, 2.75) is 26.0 Å². The predicted octanol–water partition coefficient (Wildman–Crippen LogP) is 3.77. The molecule has 1 heterocycles. The second-order valence-corrected chi connectivity index (χ2v) is 9.32. The number of hydrogen-bond acceptors (Lipinski definition) is 4. The van der Waals surface area contributed by atoms with Crippen LogP contribution in [0.15, 0.2) is 42.5 Å². The van der Waals surface area contributed by atoms with Crippen LogP contribution in [0.25, 0.3) is 5.69 Å². The molecule has 2 aromatic carbocycles. The van der Waals surface area contributed by atoms with E-state index in [1.807, 2.05) is 13.8 Å². The Bertz CT molecular complexity index is 1210. The minimum Gasteiger partial charge on any atom is -0.326 e. The minimum atomic E-state index is -3.60. The fourth-order valence-corrected chi connectivity index (χ4v) is 4.03. The molecule has 0 atom stereocenters. The number of hydrogen-bond donors (Lipinski definition) is 2. The summed E-state index contributed by atoms with van der Waals surface area (Å²) in [6.07, 6.45) is 0.137. The average molecular weight is 467 g/mol. The summed E-state index contributed by atoms with van der Waals surface area (Å²) in [5.41, 5.74) is 4.23. The van der Waals surface area contributed by atoms with Crippen molar-refractivity contribution in [3.8, 4) is 5.69 Å². The van der Waals surface area contributed by atoms with Crippen LogP contribution in [0.5, 0.6) is 0 Å². The van der Waals surface area contributed by atoms with Gasteiger partial charge in [-0.3, -0.25) is 4.79 Å². The first-order valence-electron chi connectivity index (χ1n) is 8.93. The van der Waals surface area contributed by atoms with Crippen LogP contribution < -0.4 is 10.5 Å². The van der Waals surface area contributed by atoms with Gasteiger partial charge in [-0.25, -0.2) is 18.2 Å². The number of rotatable bonds is 6. The van der Waals surface area contributed by atoms with Crippen LogP contribution in [-0.2, 0) is 27.0 Å². The van der Waals surface area contributed by atoms with Crippen molar-refractivity contribution < 1.29 is 13.2 Å². The second kappa shape index (κ2) is 8.77. The molecule has 0 bridgehead atoms. The molecule has 3 aromatic rings. The number of nitrogens with one attached hydrogen (secondary N) is 1. The number of amides is 1. The molecule has 0 saturated heterocycles. The van der Waals surface area contributed by atoms with Gasteiger partial charge in [-0.1, -0.05) is 35.3 Å². The third-order valence-electron chi connectivity index (χ3n) is 4.53. The topological polar surface area (TPSA) is 107 Å². The number of aromatic nitrogens is 2. The Balaban J connectivity index is 1.74. The molecule has 1 aromatic heterocycles. The molecule has 0 fully saturated rings. The van der Waals surface area contributed by atoms with Crippen molar-refractivity contribution in [2.24, 2.45) is 5.14 Å². The molecule has 0 unspecified atom stereocenters. The number of halogens is 2. The van der Waals surface area contributed by atoms with Gasteiger partial charge in [0.2, 0.25) is 15.9 Å². The Hall–Kier alpha value is -2.39. The number of anilines is 1. The van der Waals surface area contributed by atoms with E-state index in [0.717, 1.165) is 22.6 Å². The average Bonchev–Trinajstić information content (AvgIpc) is 2.92. The quantitative estimate of drug-likeness (QED) is 0.576. The van der Waals surface area contributed by atoms with Crippen molar-refractivity contribution in [3.63, 3.8) is 0 Å². The summed E-state index contributed by atoms with van der Waals surface area (Å²) >= 11 is 12.1. The lowest BCUT2D eigenvalue weighted by Crippen LogP contribution is -2.16. The summed E-state index contributed by atoms with van der Waals surface area (Å²) in [4.78, 5) is 12.5. The maximum atomic E-state index is 12.5. The molecular formula is C20H20Cl2N4O3S. The lowest BCUT2D eigenvalue weighted by molar-refractivity contribution is -0.115. The first-order chi connectivity index (χ1) is 14.0. The van der Waals surface area contributed by atoms with Crippen LogP contribution in [0.3, 0.4) is 0 Å². The maximum absolute atomic E-state index is 12.5. The molecule has 0 radical (unpaired) electrons. The lowest BCUT2D eigenvalue weighted by atomic mass is 10.1. The number of primary sulfonamides is 1. The van der Waals surface area contributed by atoms with Crippen molar-refractivity contribution in [2.75, 3.05) is 5.32 Å². The summed E-state index contributed by atoms with van der Waals surface area (Å²) in [5, 5.41) is 13.2. The van der Waals surface area contributed by atoms with Gasteiger partial charge in [0.25, 0.3) is 0 Å². The van der Waals surface area contributed by atoms with Crippen LogP contribution in [0, 0.1) is 13.8 Å². The van der Waals surface area contributed by atoms with E-state index >= 15 is 0 Å². The fraction of sp³-hybridized carbons (Fsp3) is 0.200. The van der Waals surface area contributed by atoms with E-state index in [1.165, 1.54) is 0 Å². The van der Waals surface area contributed by atoms with Crippen LogP contribution in [0.2, 0.25) is 10.0 Å². The molecule has 0 spiro atoms. The summed E-state index contributed by atoms with van der Waals surface area (Å²) < 4.78 is 24.0. The van der Waals surface area contributed by atoms with Crippen LogP contribution in [-0.4, -0.2) is 24.1 Å². The zero-order valence-corrected chi connectivity index (χ0v) is 18.6. The van der Waals surface area contributed by atoms with Gasteiger partial charge in [0.15, 0.2) is 0 Å². The van der Waals surface area contributed by atoms with E-state index in [0.29, 0.717) is 21.3 Å². The molecular weight excluding hydrogens is 447 g/mol. The number of carbonyl (C=O) groups excluding carboxylic acids is 1. The zero-order chi connectivity index (χ0) is 22.1. The Kier molecular flexibility index (Phi) is 6.52. The summed E-state index contributed by atoms with van der Waals surface area (Å²) in [6, 6.07) is 11.7. The van der Waals surface area contributed by atoms with Gasteiger partial charge in [0.1, 0.15) is 0 Å². The summed E-state index contributed by atoms with van der Waals surface area (Å²) in [7, 11) is -3.60. The van der Waals surface area contributed by atoms with Crippen LogP contribution in [0.4, 0.5) is 5.69 Å². The zero-order valence-electron chi connectivity index (χ0n) is 16.3. The van der Waals surface area contributed by atoms with Gasteiger partial charge >= 0.3 is 0 Å². The largest absolute Gasteiger partial charge is 0.326 e. The number of aryl methyl sites for hydroxylation is 1. The highest BCUT2D eigenvalue weighted by molar-refractivity contribution is 7.88. The van der Waals surface area contributed by atoms with Gasteiger partial charge in [0.05, 0.1) is 33.6 Å². The molecule has 158 valence electrons. The highest BCUT2D eigenvalue weighted by Crippen LogP contribution is 2.26. The highest BCUT2D eigenvalue weighted by atomic mass is 35.5. The Morgan fingerprint density at radius 2 is 1.77 bits per heavy atom. The Labute approximate surface area is 184 Å². The molecule has 3 N–H and O–H groups in total. The molecule has 10 heteroatoms. The molecule has 7 nitrogen and oxygen atoms in total. The molecule has 30 heavy (non-hydrogen) atoms. The first-order valence-corrected chi connectivity index (χ1v) is 11.4. The second-order valence-electron chi connectivity index (χ2n) is 6.89. The number of benzene rings is 2. The van der Waals surface area contributed by atoms with Crippen LogP contribution >= 0.6 is 23.2 Å². The molecule has 0 aliphatic rings. The van der Waals surface area contributed by atoms with E-state index in [1.54, 1.807) is 47.1 Å². The standard InChI is InChI=1S/C20H20Cl2N4O3S/c1-12-17(13(2)26(25-12)16-7-8-18(21)19(22)9-16)10-20(27)24-15-5-3-14(4-6-15)11-30(23,28)29/h3-9H,10-11H2,1-2H3,(H,24,27)(H2,23,28,29). The van der Waals surface area contributed by atoms with Crippen molar-refractivity contribution >= 4 is 44.8 Å². The van der Waals surface area contributed by atoms with E-state index in [4.69, 9.17) is 28.3 Å². The first kappa shape index (κ1) is 22.3.